The number of aliphatic imine (C=N–C) groups is 1. The summed E-state index contributed by atoms with van der Waals surface area (Å²) < 4.78 is 37.2. The third kappa shape index (κ3) is 4.37. The van der Waals surface area contributed by atoms with Crippen LogP contribution in [0.25, 0.3) is 0 Å². The Morgan fingerprint density at radius 3 is 2.44 bits per heavy atom. The lowest BCUT2D eigenvalue weighted by molar-refractivity contribution is -0.0443. The van der Waals surface area contributed by atoms with Crippen molar-refractivity contribution in [2.24, 2.45) is 10.7 Å². The highest BCUT2D eigenvalue weighted by Gasteiger charge is 2.23. The number of hydrogen-bond acceptors (Lipinski definition) is 4. The summed E-state index contributed by atoms with van der Waals surface area (Å²) in [5.41, 5.74) is 8.08. The number of alkyl halides is 2. The predicted octanol–water partition coefficient (Wildman–Crippen LogP) is 3.14. The van der Waals surface area contributed by atoms with Crippen molar-refractivity contribution < 1.29 is 18.3 Å². The van der Waals surface area contributed by atoms with Gasteiger partial charge < -0.3 is 15.2 Å². The van der Waals surface area contributed by atoms with Gasteiger partial charge in [-0.05, 0) is 11.6 Å². The molecule has 0 amide bonds. The van der Waals surface area contributed by atoms with Crippen molar-refractivity contribution in [3.8, 4) is 0 Å². The summed E-state index contributed by atoms with van der Waals surface area (Å²) in [5.74, 6) is -2.57. The van der Waals surface area contributed by atoms with E-state index in [0.717, 1.165) is 18.1 Å². The molecule has 3 rings (SSSR count). The van der Waals surface area contributed by atoms with Crippen LogP contribution in [-0.2, 0) is 21.9 Å². The van der Waals surface area contributed by atoms with Gasteiger partial charge in [-0.2, -0.15) is 0 Å². The summed E-state index contributed by atoms with van der Waals surface area (Å²) >= 11 is 0. The van der Waals surface area contributed by atoms with Gasteiger partial charge in [-0.1, -0.05) is 30.3 Å². The van der Waals surface area contributed by atoms with Crippen molar-refractivity contribution in [2.75, 3.05) is 13.2 Å². The Labute approximate surface area is 144 Å². The van der Waals surface area contributed by atoms with Gasteiger partial charge in [0.15, 0.2) is 6.29 Å². The van der Waals surface area contributed by atoms with Crippen LogP contribution in [-0.4, -0.2) is 24.0 Å². The first-order chi connectivity index (χ1) is 11.9. The molecule has 25 heavy (non-hydrogen) atoms. The minimum absolute atomic E-state index is 0.0261. The van der Waals surface area contributed by atoms with Crippen molar-refractivity contribution in [2.45, 2.75) is 25.7 Å². The number of amidine groups is 1. The van der Waals surface area contributed by atoms with Crippen LogP contribution in [0.5, 0.6) is 0 Å². The van der Waals surface area contributed by atoms with Crippen LogP contribution >= 0.6 is 0 Å². The maximum atomic E-state index is 13.2. The van der Waals surface area contributed by atoms with E-state index in [1.807, 2.05) is 6.07 Å². The Morgan fingerprint density at radius 2 is 1.88 bits per heavy atom. The SMILES string of the molecule is CC(F)(F)c1ccc(CN=C(N)c2ccc(C3OCCO3)cn2)cc1. The molecule has 1 aliphatic heterocycles. The average Bonchev–Trinajstić information content (AvgIpc) is 3.14. The minimum atomic E-state index is -2.85. The van der Waals surface area contributed by atoms with E-state index in [4.69, 9.17) is 15.2 Å². The summed E-state index contributed by atoms with van der Waals surface area (Å²) in [6.45, 7) is 2.30. The average molecular weight is 347 g/mol. The van der Waals surface area contributed by atoms with Gasteiger partial charge in [0.25, 0.3) is 5.92 Å². The summed E-state index contributed by atoms with van der Waals surface area (Å²) in [4.78, 5) is 8.53. The molecule has 1 aromatic heterocycles. The molecule has 0 atom stereocenters. The second kappa shape index (κ2) is 7.25. The maximum absolute atomic E-state index is 13.2. The van der Waals surface area contributed by atoms with E-state index in [2.05, 4.69) is 9.98 Å². The van der Waals surface area contributed by atoms with Gasteiger partial charge in [-0.25, -0.2) is 8.78 Å². The third-order valence-electron chi connectivity index (χ3n) is 3.84. The van der Waals surface area contributed by atoms with Crippen LogP contribution in [0.3, 0.4) is 0 Å². The molecule has 2 aromatic rings. The number of pyridine rings is 1. The molecule has 2 heterocycles. The molecule has 2 N–H and O–H groups in total. The second-order valence-electron chi connectivity index (χ2n) is 5.84. The highest BCUT2D eigenvalue weighted by molar-refractivity contribution is 5.95. The van der Waals surface area contributed by atoms with E-state index in [9.17, 15) is 8.78 Å². The zero-order valence-electron chi connectivity index (χ0n) is 13.8. The highest BCUT2D eigenvalue weighted by atomic mass is 19.3. The summed E-state index contributed by atoms with van der Waals surface area (Å²) in [6.07, 6.45) is 1.26. The van der Waals surface area contributed by atoms with Crippen molar-refractivity contribution in [3.05, 3.63) is 65.0 Å². The van der Waals surface area contributed by atoms with Gasteiger partial charge in [0.2, 0.25) is 0 Å². The molecule has 0 bridgehead atoms. The third-order valence-corrected chi connectivity index (χ3v) is 3.84. The summed E-state index contributed by atoms with van der Waals surface area (Å²) in [5, 5.41) is 0. The molecule has 1 aliphatic rings. The Morgan fingerprint density at radius 1 is 1.20 bits per heavy atom. The molecule has 1 fully saturated rings. The number of ether oxygens (including phenoxy) is 2. The lowest BCUT2D eigenvalue weighted by Gasteiger charge is -2.10. The quantitative estimate of drug-likeness (QED) is 0.666. The molecule has 132 valence electrons. The Kier molecular flexibility index (Phi) is 5.06. The largest absolute Gasteiger partial charge is 0.382 e. The first kappa shape index (κ1) is 17.4. The van der Waals surface area contributed by atoms with E-state index >= 15 is 0 Å². The molecule has 1 saturated heterocycles. The van der Waals surface area contributed by atoms with Crippen molar-refractivity contribution in [1.82, 2.24) is 4.98 Å². The fraction of sp³-hybridized carbons (Fsp3) is 0.333. The molecule has 0 radical (unpaired) electrons. The van der Waals surface area contributed by atoms with Crippen molar-refractivity contribution in [3.63, 3.8) is 0 Å². The van der Waals surface area contributed by atoms with Gasteiger partial charge in [0, 0.05) is 24.2 Å². The predicted molar refractivity (Wildman–Crippen MR) is 89.3 cm³/mol. The number of nitrogens with zero attached hydrogens (tertiary/aromatic N) is 2. The number of aromatic nitrogens is 1. The van der Waals surface area contributed by atoms with E-state index in [-0.39, 0.29) is 17.7 Å². The molecule has 0 spiro atoms. The Bertz CT molecular complexity index is 734. The lowest BCUT2D eigenvalue weighted by atomic mass is 10.1. The topological polar surface area (TPSA) is 69.7 Å². The van der Waals surface area contributed by atoms with Crippen molar-refractivity contribution in [1.29, 1.82) is 0 Å². The number of hydrogen-bond donors (Lipinski definition) is 1. The Hall–Kier alpha value is -2.38. The highest BCUT2D eigenvalue weighted by Crippen LogP contribution is 2.27. The molecule has 5 nitrogen and oxygen atoms in total. The second-order valence-corrected chi connectivity index (χ2v) is 5.84. The fourth-order valence-electron chi connectivity index (χ4n) is 2.41. The van der Waals surface area contributed by atoms with Crippen LogP contribution in [0.15, 0.2) is 47.6 Å². The molecule has 0 unspecified atom stereocenters. The van der Waals surface area contributed by atoms with E-state index in [0.29, 0.717) is 25.5 Å². The van der Waals surface area contributed by atoms with Crippen LogP contribution < -0.4 is 5.73 Å². The summed E-state index contributed by atoms with van der Waals surface area (Å²) in [6, 6.07) is 9.62. The molecule has 1 aromatic carbocycles. The molecule has 0 aliphatic carbocycles. The first-order valence-electron chi connectivity index (χ1n) is 7.90. The normalized spacial score (nSPS) is 16.4. The molecular weight excluding hydrogens is 328 g/mol. The smallest absolute Gasteiger partial charge is 0.270 e. The van der Waals surface area contributed by atoms with Crippen molar-refractivity contribution >= 4 is 5.84 Å². The van der Waals surface area contributed by atoms with Gasteiger partial charge in [-0.3, -0.25) is 9.98 Å². The molecule has 7 heteroatoms. The van der Waals surface area contributed by atoms with Gasteiger partial charge in [-0.15, -0.1) is 0 Å². The minimum Gasteiger partial charge on any atom is -0.382 e. The number of rotatable bonds is 5. The van der Waals surface area contributed by atoms with E-state index in [1.54, 1.807) is 24.4 Å². The number of halogens is 2. The maximum Gasteiger partial charge on any atom is 0.270 e. The summed E-state index contributed by atoms with van der Waals surface area (Å²) in [7, 11) is 0. The lowest BCUT2D eigenvalue weighted by Crippen LogP contribution is -2.16. The standard InChI is InChI=1S/C18H19F2N3O2/c1-18(19,20)14-5-2-12(3-6-14)10-23-16(21)15-7-4-13(11-22-15)17-24-8-9-25-17/h2-7,11,17H,8-10H2,1H3,(H2,21,23). The van der Waals surface area contributed by atoms with E-state index in [1.165, 1.54) is 12.1 Å². The fourth-order valence-corrected chi connectivity index (χ4v) is 2.41. The van der Waals surface area contributed by atoms with Gasteiger partial charge in [0.05, 0.1) is 19.8 Å². The molecular formula is C18H19F2N3O2. The van der Waals surface area contributed by atoms with Gasteiger partial charge in [0.1, 0.15) is 11.5 Å². The van der Waals surface area contributed by atoms with Crippen LogP contribution in [0, 0.1) is 0 Å². The van der Waals surface area contributed by atoms with Crippen LogP contribution in [0.1, 0.15) is 35.6 Å². The monoisotopic (exact) mass is 347 g/mol. The van der Waals surface area contributed by atoms with Crippen LogP contribution in [0.4, 0.5) is 8.78 Å². The van der Waals surface area contributed by atoms with Gasteiger partial charge >= 0.3 is 0 Å². The number of benzene rings is 1. The molecule has 0 saturated carbocycles. The number of nitrogens with two attached hydrogens (primary N) is 1. The first-order valence-corrected chi connectivity index (χ1v) is 7.90. The Balaban J connectivity index is 1.65. The van der Waals surface area contributed by atoms with Crippen LogP contribution in [0.2, 0.25) is 0 Å². The van der Waals surface area contributed by atoms with E-state index < -0.39 is 5.92 Å². The zero-order chi connectivity index (χ0) is 17.9. The zero-order valence-corrected chi connectivity index (χ0v) is 13.8.